The second-order valence-corrected chi connectivity index (χ2v) is 6.61. The zero-order valence-corrected chi connectivity index (χ0v) is 11.9. The fourth-order valence-electron chi connectivity index (χ4n) is 2.01. The molecule has 0 unspecified atom stereocenters. The topological polar surface area (TPSA) is 44.4 Å². The van der Waals surface area contributed by atoms with Gasteiger partial charge in [-0.15, -0.1) is 0 Å². The highest BCUT2D eigenvalue weighted by Gasteiger charge is 2.32. The van der Waals surface area contributed by atoms with E-state index in [4.69, 9.17) is 0 Å². The van der Waals surface area contributed by atoms with E-state index in [2.05, 4.69) is 15.5 Å². The molecule has 1 rings (SSSR count). The summed E-state index contributed by atoms with van der Waals surface area (Å²) >= 11 is 0. The molecular formula is C13H27N3O. The van der Waals surface area contributed by atoms with Gasteiger partial charge in [-0.2, -0.15) is 0 Å². The van der Waals surface area contributed by atoms with Gasteiger partial charge in [0.15, 0.2) is 0 Å². The molecule has 0 aromatic carbocycles. The number of piperazine rings is 1. The average molecular weight is 241 g/mol. The first-order chi connectivity index (χ1) is 7.71. The number of nitrogens with zero attached hydrogens (tertiary/aromatic N) is 1. The van der Waals surface area contributed by atoms with Crippen LogP contribution < -0.4 is 10.6 Å². The second kappa shape index (κ2) is 5.36. The van der Waals surface area contributed by atoms with Crippen molar-refractivity contribution in [2.24, 2.45) is 5.41 Å². The minimum atomic E-state index is -0.329. The molecule has 0 spiro atoms. The number of hydrogen-bond acceptors (Lipinski definition) is 3. The Balaban J connectivity index is 2.51. The third-order valence-corrected chi connectivity index (χ3v) is 2.93. The molecule has 1 heterocycles. The Morgan fingerprint density at radius 1 is 1.18 bits per heavy atom. The maximum atomic E-state index is 12.2. The number of amides is 1. The standard InChI is InChI=1S/C13H27N3O/c1-12(2,3)15-11(17)13(4,5)10-16-8-6-14-7-9-16/h14H,6-10H2,1-5H3,(H,15,17). The van der Waals surface area contributed by atoms with Crippen molar-refractivity contribution in [3.05, 3.63) is 0 Å². The van der Waals surface area contributed by atoms with Crippen LogP contribution in [-0.2, 0) is 4.79 Å². The number of carbonyl (C=O) groups is 1. The molecule has 0 saturated carbocycles. The first-order valence-electron chi connectivity index (χ1n) is 6.46. The summed E-state index contributed by atoms with van der Waals surface area (Å²) in [7, 11) is 0. The predicted octanol–water partition coefficient (Wildman–Crippen LogP) is 0.833. The third-order valence-electron chi connectivity index (χ3n) is 2.93. The van der Waals surface area contributed by atoms with Gasteiger partial charge in [-0.1, -0.05) is 0 Å². The van der Waals surface area contributed by atoms with Crippen LogP contribution in [0.1, 0.15) is 34.6 Å². The Morgan fingerprint density at radius 3 is 2.18 bits per heavy atom. The molecule has 2 N–H and O–H groups in total. The summed E-state index contributed by atoms with van der Waals surface area (Å²) in [5.41, 5.74) is -0.484. The van der Waals surface area contributed by atoms with E-state index in [0.717, 1.165) is 32.7 Å². The highest BCUT2D eigenvalue weighted by Crippen LogP contribution is 2.19. The molecule has 0 atom stereocenters. The fourth-order valence-corrected chi connectivity index (χ4v) is 2.01. The van der Waals surface area contributed by atoms with E-state index in [1.807, 2.05) is 34.6 Å². The van der Waals surface area contributed by atoms with Crippen molar-refractivity contribution >= 4 is 5.91 Å². The molecule has 0 bridgehead atoms. The van der Waals surface area contributed by atoms with Crippen molar-refractivity contribution in [2.75, 3.05) is 32.7 Å². The van der Waals surface area contributed by atoms with E-state index in [0.29, 0.717) is 0 Å². The minimum absolute atomic E-state index is 0.142. The van der Waals surface area contributed by atoms with Crippen LogP contribution in [0.2, 0.25) is 0 Å². The van der Waals surface area contributed by atoms with E-state index < -0.39 is 0 Å². The van der Waals surface area contributed by atoms with Gasteiger partial charge in [-0.25, -0.2) is 0 Å². The molecule has 0 aromatic rings. The van der Waals surface area contributed by atoms with Gasteiger partial charge in [0.1, 0.15) is 0 Å². The summed E-state index contributed by atoms with van der Waals surface area (Å²) < 4.78 is 0. The van der Waals surface area contributed by atoms with Crippen molar-refractivity contribution in [1.29, 1.82) is 0 Å². The Bertz CT molecular complexity index is 262. The van der Waals surface area contributed by atoms with Gasteiger partial charge in [0.2, 0.25) is 5.91 Å². The van der Waals surface area contributed by atoms with Gasteiger partial charge in [0, 0.05) is 38.3 Å². The number of nitrogens with one attached hydrogen (secondary N) is 2. The van der Waals surface area contributed by atoms with Crippen LogP contribution in [0.4, 0.5) is 0 Å². The molecule has 4 nitrogen and oxygen atoms in total. The number of rotatable bonds is 3. The van der Waals surface area contributed by atoms with Gasteiger partial charge < -0.3 is 10.6 Å². The summed E-state index contributed by atoms with van der Waals surface area (Å²) in [5.74, 6) is 0.142. The fraction of sp³-hybridized carbons (Fsp3) is 0.923. The van der Waals surface area contributed by atoms with Crippen LogP contribution in [0.3, 0.4) is 0 Å². The molecule has 1 saturated heterocycles. The second-order valence-electron chi connectivity index (χ2n) is 6.61. The lowest BCUT2D eigenvalue weighted by Gasteiger charge is -2.36. The molecule has 4 heteroatoms. The zero-order valence-electron chi connectivity index (χ0n) is 11.9. The molecule has 17 heavy (non-hydrogen) atoms. The van der Waals surface area contributed by atoms with Gasteiger partial charge in [0.05, 0.1) is 5.41 Å². The Kier molecular flexibility index (Phi) is 4.55. The lowest BCUT2D eigenvalue weighted by atomic mass is 9.90. The maximum Gasteiger partial charge on any atom is 0.227 e. The summed E-state index contributed by atoms with van der Waals surface area (Å²) in [6.07, 6.45) is 0. The average Bonchev–Trinajstić information content (AvgIpc) is 2.15. The van der Waals surface area contributed by atoms with Crippen LogP contribution >= 0.6 is 0 Å². The number of carbonyl (C=O) groups excluding carboxylic acids is 1. The molecule has 1 aliphatic rings. The largest absolute Gasteiger partial charge is 0.351 e. The summed E-state index contributed by atoms with van der Waals surface area (Å²) in [4.78, 5) is 14.6. The molecule has 0 radical (unpaired) electrons. The van der Waals surface area contributed by atoms with E-state index in [9.17, 15) is 4.79 Å². The smallest absolute Gasteiger partial charge is 0.227 e. The van der Waals surface area contributed by atoms with Crippen molar-refractivity contribution < 1.29 is 4.79 Å². The summed E-state index contributed by atoms with van der Waals surface area (Å²) in [6, 6.07) is 0. The lowest BCUT2D eigenvalue weighted by Crippen LogP contribution is -2.53. The lowest BCUT2D eigenvalue weighted by molar-refractivity contribution is -0.132. The first-order valence-corrected chi connectivity index (χ1v) is 6.46. The third kappa shape index (κ3) is 5.04. The summed E-state index contributed by atoms with van der Waals surface area (Å²) in [6.45, 7) is 15.1. The van der Waals surface area contributed by atoms with Gasteiger partial charge in [-0.3, -0.25) is 9.69 Å². The highest BCUT2D eigenvalue weighted by atomic mass is 16.2. The predicted molar refractivity (Wildman–Crippen MR) is 71.0 cm³/mol. The molecular weight excluding hydrogens is 214 g/mol. The molecule has 0 aliphatic carbocycles. The quantitative estimate of drug-likeness (QED) is 0.769. The van der Waals surface area contributed by atoms with Crippen molar-refractivity contribution in [3.8, 4) is 0 Å². The Labute approximate surface area is 105 Å². The van der Waals surface area contributed by atoms with E-state index in [-0.39, 0.29) is 16.9 Å². The maximum absolute atomic E-state index is 12.2. The summed E-state index contributed by atoms with van der Waals surface area (Å²) in [5, 5.41) is 6.39. The van der Waals surface area contributed by atoms with Gasteiger partial charge >= 0.3 is 0 Å². The Hall–Kier alpha value is -0.610. The zero-order chi connectivity index (χ0) is 13.1. The van der Waals surface area contributed by atoms with E-state index in [1.54, 1.807) is 0 Å². The molecule has 1 aliphatic heterocycles. The van der Waals surface area contributed by atoms with Crippen molar-refractivity contribution in [3.63, 3.8) is 0 Å². The molecule has 1 amide bonds. The van der Waals surface area contributed by atoms with Crippen LogP contribution in [0.15, 0.2) is 0 Å². The molecule has 0 aromatic heterocycles. The Morgan fingerprint density at radius 2 is 1.71 bits per heavy atom. The van der Waals surface area contributed by atoms with E-state index in [1.165, 1.54) is 0 Å². The minimum Gasteiger partial charge on any atom is -0.351 e. The monoisotopic (exact) mass is 241 g/mol. The van der Waals surface area contributed by atoms with E-state index >= 15 is 0 Å². The molecule has 100 valence electrons. The molecule has 1 fully saturated rings. The van der Waals surface area contributed by atoms with Crippen LogP contribution in [0, 0.1) is 5.41 Å². The van der Waals surface area contributed by atoms with Crippen LogP contribution in [0.5, 0.6) is 0 Å². The first kappa shape index (κ1) is 14.5. The van der Waals surface area contributed by atoms with Crippen molar-refractivity contribution in [1.82, 2.24) is 15.5 Å². The number of hydrogen-bond donors (Lipinski definition) is 2. The van der Waals surface area contributed by atoms with Crippen LogP contribution in [-0.4, -0.2) is 49.1 Å². The SMILES string of the molecule is CC(C)(C)NC(=O)C(C)(C)CN1CCNCC1. The van der Waals surface area contributed by atoms with Crippen molar-refractivity contribution in [2.45, 2.75) is 40.2 Å². The normalized spacial score (nSPS) is 19.1. The van der Waals surface area contributed by atoms with Gasteiger partial charge in [-0.05, 0) is 34.6 Å². The van der Waals surface area contributed by atoms with Gasteiger partial charge in [0.25, 0.3) is 0 Å². The highest BCUT2D eigenvalue weighted by molar-refractivity contribution is 5.82. The van der Waals surface area contributed by atoms with Crippen LogP contribution in [0.25, 0.3) is 0 Å².